The highest BCUT2D eigenvalue weighted by atomic mass is 31.2. The monoisotopic (exact) mass is 501 g/mol. The second kappa shape index (κ2) is 12.0. The SMILES string of the molecule is CC(C)C[C@@H](NC(c1ccco1)P(=O)(c1ccccc1)c1ccccc1)C(=O)OCc1ccccc1. The normalized spacial score (nSPS) is 13.3. The highest BCUT2D eigenvalue weighted by Crippen LogP contribution is 2.56. The Morgan fingerprint density at radius 3 is 1.89 bits per heavy atom. The number of esters is 1. The third-order valence-corrected chi connectivity index (χ3v) is 9.29. The molecular formula is C30H32NO4P. The van der Waals surface area contributed by atoms with Crippen molar-refractivity contribution in [3.63, 3.8) is 0 Å². The van der Waals surface area contributed by atoms with Gasteiger partial charge >= 0.3 is 5.97 Å². The van der Waals surface area contributed by atoms with E-state index in [4.69, 9.17) is 9.15 Å². The molecule has 0 saturated carbocycles. The van der Waals surface area contributed by atoms with Crippen LogP contribution in [-0.4, -0.2) is 12.0 Å². The zero-order chi connectivity index (χ0) is 25.4. The molecule has 5 nitrogen and oxygen atoms in total. The van der Waals surface area contributed by atoms with Crippen molar-refractivity contribution in [2.75, 3.05) is 0 Å². The number of rotatable bonds is 11. The van der Waals surface area contributed by atoms with Gasteiger partial charge in [-0.1, -0.05) is 105 Å². The molecule has 1 heterocycles. The fourth-order valence-electron chi connectivity index (χ4n) is 4.28. The quantitative estimate of drug-likeness (QED) is 0.200. The summed E-state index contributed by atoms with van der Waals surface area (Å²) in [5.41, 5.74) is 0.913. The standard InChI is InChI=1S/C30H32NO4P/c1-23(2)21-27(30(32)35-22-24-13-6-3-7-14-24)31-29(28-19-12-20-34-28)36(33,25-15-8-4-9-16-25)26-17-10-5-11-18-26/h3-20,23,27,29,31H,21-22H2,1-2H3/t27-,29?/m1/s1. The van der Waals surface area contributed by atoms with E-state index in [9.17, 15) is 4.79 Å². The number of nitrogens with one attached hydrogen (secondary N) is 1. The maximum Gasteiger partial charge on any atom is 0.323 e. The van der Waals surface area contributed by atoms with Crippen molar-refractivity contribution in [3.8, 4) is 0 Å². The molecule has 0 fully saturated rings. The molecule has 0 bridgehead atoms. The van der Waals surface area contributed by atoms with Crippen LogP contribution in [0.25, 0.3) is 0 Å². The zero-order valence-corrected chi connectivity index (χ0v) is 21.5. The third-order valence-electron chi connectivity index (χ3n) is 6.03. The number of benzene rings is 3. The number of carbonyl (C=O) groups is 1. The molecule has 6 heteroatoms. The number of hydrogen-bond donors (Lipinski definition) is 1. The molecule has 0 aliphatic carbocycles. The first kappa shape index (κ1) is 25.7. The molecule has 1 unspecified atom stereocenters. The molecule has 0 radical (unpaired) electrons. The Morgan fingerprint density at radius 2 is 1.39 bits per heavy atom. The molecule has 186 valence electrons. The van der Waals surface area contributed by atoms with Gasteiger partial charge in [0.2, 0.25) is 0 Å². The van der Waals surface area contributed by atoms with Gasteiger partial charge in [-0.3, -0.25) is 10.1 Å². The Morgan fingerprint density at radius 1 is 0.833 bits per heavy atom. The second-order valence-corrected chi connectivity index (χ2v) is 12.1. The van der Waals surface area contributed by atoms with E-state index in [0.717, 1.165) is 5.56 Å². The lowest BCUT2D eigenvalue weighted by atomic mass is 10.0. The van der Waals surface area contributed by atoms with Crippen LogP contribution in [0.1, 0.15) is 37.4 Å². The molecule has 0 spiro atoms. The van der Waals surface area contributed by atoms with Crippen LogP contribution < -0.4 is 15.9 Å². The summed E-state index contributed by atoms with van der Waals surface area (Å²) < 4.78 is 26.7. The number of furan rings is 1. The van der Waals surface area contributed by atoms with E-state index in [0.29, 0.717) is 22.8 Å². The topological polar surface area (TPSA) is 68.5 Å². The summed E-state index contributed by atoms with van der Waals surface area (Å²) in [6.45, 7) is 4.28. The van der Waals surface area contributed by atoms with Gasteiger partial charge in [-0.05, 0) is 30.0 Å². The average Bonchev–Trinajstić information content (AvgIpc) is 3.45. The van der Waals surface area contributed by atoms with Crippen molar-refractivity contribution in [1.29, 1.82) is 0 Å². The molecule has 1 N–H and O–H groups in total. The van der Waals surface area contributed by atoms with Crippen LogP contribution in [0, 0.1) is 5.92 Å². The van der Waals surface area contributed by atoms with E-state index in [1.165, 1.54) is 0 Å². The Bertz CT molecular complexity index is 1210. The number of hydrogen-bond acceptors (Lipinski definition) is 5. The van der Waals surface area contributed by atoms with E-state index >= 15 is 4.57 Å². The fraction of sp³-hybridized carbons (Fsp3) is 0.233. The first-order valence-electron chi connectivity index (χ1n) is 12.2. The van der Waals surface area contributed by atoms with Crippen LogP contribution in [0.15, 0.2) is 114 Å². The minimum Gasteiger partial charge on any atom is -0.467 e. The first-order valence-corrected chi connectivity index (χ1v) is 14.0. The van der Waals surface area contributed by atoms with Gasteiger partial charge in [0.15, 0.2) is 7.14 Å². The van der Waals surface area contributed by atoms with Gasteiger partial charge in [0, 0.05) is 10.6 Å². The summed E-state index contributed by atoms with van der Waals surface area (Å²) >= 11 is 0. The first-order chi connectivity index (χ1) is 17.5. The summed E-state index contributed by atoms with van der Waals surface area (Å²) in [5, 5.41) is 4.80. The molecular weight excluding hydrogens is 469 g/mol. The van der Waals surface area contributed by atoms with Crippen molar-refractivity contribution in [3.05, 3.63) is 121 Å². The fourth-order valence-corrected chi connectivity index (χ4v) is 7.30. The molecule has 0 saturated heterocycles. The van der Waals surface area contributed by atoms with E-state index in [2.05, 4.69) is 19.2 Å². The summed E-state index contributed by atoms with van der Waals surface area (Å²) in [6, 6.07) is 31.3. The molecule has 0 aliphatic rings. The highest BCUT2D eigenvalue weighted by Gasteiger charge is 2.42. The maximum absolute atomic E-state index is 15.2. The van der Waals surface area contributed by atoms with E-state index in [1.807, 2.05) is 91.0 Å². The second-order valence-electron chi connectivity index (χ2n) is 9.19. The molecule has 1 aromatic heterocycles. The third kappa shape index (κ3) is 6.04. The lowest BCUT2D eigenvalue weighted by Gasteiger charge is -2.31. The van der Waals surface area contributed by atoms with E-state index < -0.39 is 19.0 Å². The van der Waals surface area contributed by atoms with E-state index in [1.54, 1.807) is 18.4 Å². The number of ether oxygens (including phenoxy) is 1. The van der Waals surface area contributed by atoms with Crippen LogP contribution in [-0.2, 0) is 20.7 Å². The van der Waals surface area contributed by atoms with E-state index in [-0.39, 0.29) is 18.5 Å². The Labute approximate surface area is 212 Å². The van der Waals surface area contributed by atoms with Gasteiger partial charge in [-0.15, -0.1) is 0 Å². The van der Waals surface area contributed by atoms with Crippen molar-refractivity contribution in [2.24, 2.45) is 5.92 Å². The van der Waals surface area contributed by atoms with Crippen LogP contribution in [0.5, 0.6) is 0 Å². The summed E-state index contributed by atoms with van der Waals surface area (Å²) in [6.07, 6.45) is 2.09. The van der Waals surface area contributed by atoms with Crippen LogP contribution >= 0.6 is 7.14 Å². The van der Waals surface area contributed by atoms with Gasteiger partial charge in [0.05, 0.1) is 6.26 Å². The number of carbonyl (C=O) groups excluding carboxylic acids is 1. The molecule has 4 aromatic rings. The van der Waals surface area contributed by atoms with Gasteiger partial charge in [-0.25, -0.2) is 0 Å². The Hall–Kier alpha value is -3.40. The van der Waals surface area contributed by atoms with Gasteiger partial charge in [-0.2, -0.15) is 0 Å². The Balaban J connectivity index is 1.72. The lowest BCUT2D eigenvalue weighted by molar-refractivity contribution is -0.148. The molecule has 0 amide bonds. The summed E-state index contributed by atoms with van der Waals surface area (Å²) in [7, 11) is -3.35. The summed E-state index contributed by atoms with van der Waals surface area (Å²) in [4.78, 5) is 13.4. The molecule has 36 heavy (non-hydrogen) atoms. The molecule has 2 atom stereocenters. The Kier molecular flexibility index (Phi) is 8.58. The molecule has 0 aliphatic heterocycles. The van der Waals surface area contributed by atoms with Crippen molar-refractivity contribution < 1.29 is 18.5 Å². The zero-order valence-electron chi connectivity index (χ0n) is 20.6. The predicted molar refractivity (Wildman–Crippen MR) is 144 cm³/mol. The highest BCUT2D eigenvalue weighted by molar-refractivity contribution is 7.79. The van der Waals surface area contributed by atoms with Gasteiger partial charge in [0.25, 0.3) is 0 Å². The maximum atomic E-state index is 15.2. The average molecular weight is 502 g/mol. The van der Waals surface area contributed by atoms with Crippen LogP contribution in [0.3, 0.4) is 0 Å². The van der Waals surface area contributed by atoms with Crippen molar-refractivity contribution in [2.45, 2.75) is 38.7 Å². The summed E-state index contributed by atoms with van der Waals surface area (Å²) in [5.74, 6) is -0.422. The minimum atomic E-state index is -3.35. The molecule has 4 rings (SSSR count). The van der Waals surface area contributed by atoms with Crippen LogP contribution in [0.4, 0.5) is 0 Å². The largest absolute Gasteiger partial charge is 0.467 e. The van der Waals surface area contributed by atoms with Crippen LogP contribution in [0.2, 0.25) is 0 Å². The molecule has 3 aromatic carbocycles. The van der Waals surface area contributed by atoms with Gasteiger partial charge < -0.3 is 13.7 Å². The van der Waals surface area contributed by atoms with Crippen molar-refractivity contribution in [1.82, 2.24) is 5.32 Å². The van der Waals surface area contributed by atoms with Gasteiger partial charge in [0.1, 0.15) is 24.2 Å². The smallest absolute Gasteiger partial charge is 0.323 e. The van der Waals surface area contributed by atoms with Crippen molar-refractivity contribution >= 4 is 23.7 Å². The predicted octanol–water partition coefficient (Wildman–Crippen LogP) is 6.04. The minimum absolute atomic E-state index is 0.177. The lowest BCUT2D eigenvalue weighted by Crippen LogP contribution is -2.43.